The van der Waals surface area contributed by atoms with Crippen LogP contribution in [0.4, 0.5) is 0 Å². The van der Waals surface area contributed by atoms with Gasteiger partial charge in [0.1, 0.15) is 11.6 Å². The van der Waals surface area contributed by atoms with Crippen molar-refractivity contribution in [1.29, 1.82) is 0 Å². The number of esters is 1. The molecule has 6 saturated heterocycles. The summed E-state index contributed by atoms with van der Waals surface area (Å²) in [5, 5.41) is 11.4. The smallest absolute Gasteiger partial charge is 0.308 e. The first kappa shape index (κ1) is 44.1. The molecular formula is C44H69NO10S2. The predicted octanol–water partition coefficient (Wildman–Crippen LogP) is 8.00. The van der Waals surface area contributed by atoms with Crippen molar-refractivity contribution in [2.75, 3.05) is 19.5 Å². The van der Waals surface area contributed by atoms with E-state index in [0.717, 1.165) is 62.8 Å². The lowest BCUT2D eigenvalue weighted by molar-refractivity contribution is -0.351. The van der Waals surface area contributed by atoms with Gasteiger partial charge in [-0.15, -0.1) is 0 Å². The highest BCUT2D eigenvalue weighted by molar-refractivity contribution is 8.76. The minimum Gasteiger partial charge on any atom is -0.465 e. The van der Waals surface area contributed by atoms with E-state index in [1.165, 1.54) is 0 Å². The van der Waals surface area contributed by atoms with Crippen molar-refractivity contribution in [2.45, 2.75) is 190 Å². The van der Waals surface area contributed by atoms with Gasteiger partial charge in [-0.1, -0.05) is 58.4 Å². The number of methoxy groups -OCH3 is 1. The quantitative estimate of drug-likeness (QED) is 0.117. The van der Waals surface area contributed by atoms with Gasteiger partial charge in [0, 0.05) is 49.7 Å². The molecule has 1 aromatic rings. The first-order chi connectivity index (χ1) is 27.3. The normalized spacial score (nSPS) is 46.4. The number of hydrogen-bond acceptors (Lipinski definition) is 13. The summed E-state index contributed by atoms with van der Waals surface area (Å²) in [6, 6.07) is 5.84. The number of aliphatic hydroxyl groups is 1. The summed E-state index contributed by atoms with van der Waals surface area (Å²) >= 11 is 0. The monoisotopic (exact) mass is 835 g/mol. The SMILES string of the molecule is COC1CC(CC2CCC(C)C(CC(=O)OCCSSc3ccccn3)O2)OC2(O[C@@](C)(C3CCC(C4OC(C5OC(O)C(C)CC5C)CC4C)O3)CC2C)[C@@H]1C. The van der Waals surface area contributed by atoms with Gasteiger partial charge in [-0.05, 0) is 92.5 Å². The molecule has 7 rings (SSSR count). The number of aromatic nitrogens is 1. The van der Waals surface area contributed by atoms with Crippen LogP contribution in [-0.4, -0.2) is 108 Å². The second-order valence-electron chi connectivity index (χ2n) is 18.6. The van der Waals surface area contributed by atoms with Crippen LogP contribution < -0.4 is 0 Å². The largest absolute Gasteiger partial charge is 0.465 e. The van der Waals surface area contributed by atoms with Crippen LogP contribution in [0.25, 0.3) is 0 Å². The number of nitrogens with zero attached hydrogens (tertiary/aromatic N) is 1. The fourth-order valence-corrected chi connectivity index (χ4v) is 12.8. The van der Waals surface area contributed by atoms with Crippen molar-refractivity contribution < 1.29 is 47.8 Å². The van der Waals surface area contributed by atoms with Crippen LogP contribution >= 0.6 is 21.6 Å². The molecular weight excluding hydrogens is 767 g/mol. The number of ether oxygens (including phenoxy) is 8. The zero-order chi connectivity index (χ0) is 40.5. The highest BCUT2D eigenvalue weighted by Gasteiger charge is 2.63. The fraction of sp³-hybridized carbons (Fsp3) is 0.864. The minimum absolute atomic E-state index is 0.0134. The first-order valence-corrected chi connectivity index (χ1v) is 24.2. The molecule has 0 radical (unpaired) electrons. The Morgan fingerprint density at radius 1 is 0.895 bits per heavy atom. The average molecular weight is 836 g/mol. The maximum atomic E-state index is 12.9. The van der Waals surface area contributed by atoms with Crippen LogP contribution in [0.5, 0.6) is 0 Å². The predicted molar refractivity (Wildman–Crippen MR) is 219 cm³/mol. The summed E-state index contributed by atoms with van der Waals surface area (Å²) in [6.45, 7) is 15.7. The van der Waals surface area contributed by atoms with E-state index in [2.05, 4.69) is 46.5 Å². The summed E-state index contributed by atoms with van der Waals surface area (Å²) in [5.41, 5.74) is -0.525. The molecule has 1 aromatic heterocycles. The number of carbonyl (C=O) groups excluding carboxylic acids is 1. The van der Waals surface area contributed by atoms with Gasteiger partial charge in [-0.25, -0.2) is 4.98 Å². The standard InChI is InChI=1S/C44H69NO10S2/c1-25-12-13-31(50-34(25)23-39(46)49-17-18-56-57-38-11-9-10-16-45-38)21-32-22-35(48-8)30(6)44(54-32)29(5)24-43(7,55-44)37-15-14-33(51-37)40-27(3)20-36(52-40)41-26(2)19-28(4)42(47)53-41/h9-11,16,25-37,40-42,47H,12-15,17-24H2,1-8H3/t25?,26?,27?,28?,29?,30-,31?,32?,33?,34?,35?,36?,37?,40?,41?,42?,43-,44?/m1/s1. The van der Waals surface area contributed by atoms with Gasteiger partial charge in [0.2, 0.25) is 0 Å². The van der Waals surface area contributed by atoms with Gasteiger partial charge in [-0.3, -0.25) is 4.79 Å². The van der Waals surface area contributed by atoms with E-state index in [1.54, 1.807) is 34.9 Å². The lowest BCUT2D eigenvalue weighted by Gasteiger charge is -2.50. The van der Waals surface area contributed by atoms with Gasteiger partial charge in [0.25, 0.3) is 0 Å². The lowest BCUT2D eigenvalue weighted by atomic mass is 9.78. The number of carbonyl (C=O) groups is 1. The Morgan fingerprint density at radius 3 is 2.46 bits per heavy atom. The molecule has 6 fully saturated rings. The Morgan fingerprint density at radius 2 is 1.68 bits per heavy atom. The molecule has 322 valence electrons. The van der Waals surface area contributed by atoms with E-state index in [-0.39, 0.29) is 91.0 Å². The molecule has 16 unspecified atom stereocenters. The Balaban J connectivity index is 0.921. The van der Waals surface area contributed by atoms with Gasteiger partial charge in [-0.2, -0.15) is 0 Å². The third-order valence-corrected chi connectivity index (χ3v) is 16.5. The Labute approximate surface area is 348 Å². The number of aliphatic hydroxyl groups excluding tert-OH is 1. The molecule has 6 aliphatic rings. The average Bonchev–Trinajstić information content (AvgIpc) is 3.89. The van der Waals surface area contributed by atoms with Gasteiger partial charge < -0.3 is 43.0 Å². The molecule has 0 aromatic carbocycles. The summed E-state index contributed by atoms with van der Waals surface area (Å²) in [7, 11) is 5.02. The van der Waals surface area contributed by atoms with E-state index in [0.29, 0.717) is 24.2 Å². The molecule has 1 N–H and O–H groups in total. The van der Waals surface area contributed by atoms with E-state index in [9.17, 15) is 9.90 Å². The summed E-state index contributed by atoms with van der Waals surface area (Å²) < 4.78 is 52.6. The summed E-state index contributed by atoms with van der Waals surface area (Å²) in [5.74, 6) is 0.892. The molecule has 0 saturated carbocycles. The number of rotatable bonds is 13. The maximum Gasteiger partial charge on any atom is 0.308 e. The summed E-state index contributed by atoms with van der Waals surface area (Å²) in [4.78, 5) is 17.2. The van der Waals surface area contributed by atoms with Crippen LogP contribution in [0.1, 0.15) is 113 Å². The van der Waals surface area contributed by atoms with Gasteiger partial charge >= 0.3 is 5.97 Å². The maximum absolute atomic E-state index is 12.9. The van der Waals surface area contributed by atoms with Crippen LogP contribution in [-0.2, 0) is 42.7 Å². The molecule has 0 bridgehead atoms. The number of pyridine rings is 1. The molecule has 0 aliphatic carbocycles. The van der Waals surface area contributed by atoms with Crippen LogP contribution in [0, 0.1) is 35.5 Å². The zero-order valence-electron chi connectivity index (χ0n) is 35.4. The minimum atomic E-state index is -0.813. The lowest BCUT2D eigenvalue weighted by Crippen LogP contribution is -2.58. The molecule has 7 heterocycles. The molecule has 11 nitrogen and oxygen atoms in total. The number of hydrogen-bond donors (Lipinski definition) is 1. The van der Waals surface area contributed by atoms with Crippen molar-refractivity contribution in [1.82, 2.24) is 4.98 Å². The second-order valence-corrected chi connectivity index (χ2v) is 21.1. The van der Waals surface area contributed by atoms with Crippen molar-refractivity contribution >= 4 is 27.6 Å². The Hall–Kier alpha value is -1.00. The van der Waals surface area contributed by atoms with E-state index >= 15 is 0 Å². The molecule has 0 amide bonds. The fourth-order valence-electron chi connectivity index (χ4n) is 11.1. The van der Waals surface area contributed by atoms with Crippen molar-refractivity contribution in [2.24, 2.45) is 35.5 Å². The molecule has 13 heteroatoms. The third kappa shape index (κ3) is 9.89. The van der Waals surface area contributed by atoms with Crippen LogP contribution in [0.15, 0.2) is 29.4 Å². The van der Waals surface area contributed by atoms with Gasteiger partial charge in [0.15, 0.2) is 12.1 Å². The van der Waals surface area contributed by atoms with Crippen LogP contribution in [0.2, 0.25) is 0 Å². The molecule has 18 atom stereocenters. The highest BCUT2D eigenvalue weighted by atomic mass is 33.1. The second kappa shape index (κ2) is 18.9. The van der Waals surface area contributed by atoms with Crippen molar-refractivity contribution in [3.05, 3.63) is 24.4 Å². The molecule has 1 spiro atoms. The summed E-state index contributed by atoms with van der Waals surface area (Å²) in [6.07, 6.45) is 8.61. The molecule has 57 heavy (non-hydrogen) atoms. The highest BCUT2D eigenvalue weighted by Crippen LogP contribution is 2.55. The van der Waals surface area contributed by atoms with E-state index in [1.807, 2.05) is 25.1 Å². The Bertz CT molecular complexity index is 1460. The van der Waals surface area contributed by atoms with Gasteiger partial charge in [0.05, 0.1) is 67.0 Å². The van der Waals surface area contributed by atoms with Crippen molar-refractivity contribution in [3.63, 3.8) is 0 Å². The van der Waals surface area contributed by atoms with Crippen molar-refractivity contribution in [3.8, 4) is 0 Å². The molecule has 6 aliphatic heterocycles. The first-order valence-electron chi connectivity index (χ1n) is 21.8. The Kier molecular flexibility index (Phi) is 14.6. The van der Waals surface area contributed by atoms with E-state index in [4.69, 9.17) is 37.9 Å². The topological polar surface area (TPSA) is 124 Å². The zero-order valence-corrected chi connectivity index (χ0v) is 37.1. The van der Waals surface area contributed by atoms with Crippen LogP contribution in [0.3, 0.4) is 0 Å². The van der Waals surface area contributed by atoms with E-state index < -0.39 is 17.7 Å². The third-order valence-electron chi connectivity index (χ3n) is 14.2.